The van der Waals surface area contributed by atoms with Gasteiger partial charge < -0.3 is 4.84 Å². The summed E-state index contributed by atoms with van der Waals surface area (Å²) in [6, 6.07) is 7.41. The van der Waals surface area contributed by atoms with Gasteiger partial charge in [0, 0.05) is 11.4 Å². The number of hydrogen-bond donors (Lipinski definition) is 0. The molecule has 0 fully saturated rings. The summed E-state index contributed by atoms with van der Waals surface area (Å²) in [4.78, 5) is 4.55. The summed E-state index contributed by atoms with van der Waals surface area (Å²) in [5, 5.41) is 4.64. The summed E-state index contributed by atoms with van der Waals surface area (Å²) in [7, 11) is 0. The topological polar surface area (TPSA) is 21.6 Å². The fourth-order valence-corrected chi connectivity index (χ4v) is 1.74. The Morgan fingerprint density at radius 3 is 2.47 bits per heavy atom. The zero-order chi connectivity index (χ0) is 10.8. The molecule has 0 bridgehead atoms. The lowest BCUT2D eigenvalue weighted by Crippen LogP contribution is -2.16. The third kappa shape index (κ3) is 2.57. The van der Waals surface area contributed by atoms with E-state index >= 15 is 0 Å². The van der Waals surface area contributed by atoms with Gasteiger partial charge in [-0.05, 0) is 17.7 Å². The van der Waals surface area contributed by atoms with Gasteiger partial charge in [-0.15, -0.1) is 23.2 Å². The normalized spacial score (nSPS) is 20.3. The van der Waals surface area contributed by atoms with Crippen molar-refractivity contribution in [3.63, 3.8) is 0 Å². The molecule has 1 heterocycles. The second-order valence-corrected chi connectivity index (χ2v) is 4.83. The van der Waals surface area contributed by atoms with Gasteiger partial charge in [0.05, 0.1) is 5.71 Å². The second-order valence-electron chi connectivity index (χ2n) is 3.23. The van der Waals surface area contributed by atoms with Crippen LogP contribution in [0.4, 0.5) is 0 Å². The van der Waals surface area contributed by atoms with Gasteiger partial charge in [0.1, 0.15) is 4.84 Å². The van der Waals surface area contributed by atoms with Crippen molar-refractivity contribution in [3.8, 4) is 0 Å². The maximum Gasteiger partial charge on any atom is 0.163 e. The van der Waals surface area contributed by atoms with Gasteiger partial charge in [-0.25, -0.2) is 0 Å². The standard InChI is InChI=1S/C10H8Cl3NO/c11-7-3-1-6(2-4-7)8-5-9(10(12)13)15-14-8/h1-4,9-10H,5H2. The average molecular weight is 265 g/mol. The molecule has 0 N–H and O–H groups in total. The summed E-state index contributed by atoms with van der Waals surface area (Å²) in [5.41, 5.74) is 1.83. The minimum Gasteiger partial charge on any atom is -0.389 e. The number of alkyl halides is 2. The predicted octanol–water partition coefficient (Wildman–Crippen LogP) is 3.64. The van der Waals surface area contributed by atoms with E-state index in [0.29, 0.717) is 11.4 Å². The third-order valence-electron chi connectivity index (χ3n) is 2.15. The van der Waals surface area contributed by atoms with Crippen molar-refractivity contribution >= 4 is 40.5 Å². The fourth-order valence-electron chi connectivity index (χ4n) is 1.34. The lowest BCUT2D eigenvalue weighted by atomic mass is 10.1. The zero-order valence-corrected chi connectivity index (χ0v) is 9.93. The van der Waals surface area contributed by atoms with Crippen LogP contribution >= 0.6 is 34.8 Å². The molecule has 2 nitrogen and oxygen atoms in total. The highest BCUT2D eigenvalue weighted by molar-refractivity contribution is 6.44. The SMILES string of the molecule is Clc1ccc(C2=NOC(C(Cl)Cl)C2)cc1. The Morgan fingerprint density at radius 1 is 1.27 bits per heavy atom. The highest BCUT2D eigenvalue weighted by Crippen LogP contribution is 2.24. The monoisotopic (exact) mass is 263 g/mol. The maximum atomic E-state index is 5.78. The highest BCUT2D eigenvalue weighted by Gasteiger charge is 2.27. The lowest BCUT2D eigenvalue weighted by molar-refractivity contribution is 0.0954. The van der Waals surface area contributed by atoms with Crippen LogP contribution in [-0.4, -0.2) is 16.7 Å². The van der Waals surface area contributed by atoms with Gasteiger partial charge in [0.25, 0.3) is 0 Å². The Hall–Kier alpha value is -0.440. The molecule has 0 saturated heterocycles. The van der Waals surface area contributed by atoms with Crippen molar-refractivity contribution in [2.24, 2.45) is 5.16 Å². The van der Waals surface area contributed by atoms with Crippen LogP contribution < -0.4 is 0 Å². The van der Waals surface area contributed by atoms with Gasteiger partial charge in [0.15, 0.2) is 6.10 Å². The second kappa shape index (κ2) is 4.60. The minimum atomic E-state index is -0.557. The van der Waals surface area contributed by atoms with Crippen LogP contribution in [0.3, 0.4) is 0 Å². The molecular formula is C10H8Cl3NO. The van der Waals surface area contributed by atoms with E-state index < -0.39 is 4.84 Å². The van der Waals surface area contributed by atoms with Gasteiger partial charge >= 0.3 is 0 Å². The van der Waals surface area contributed by atoms with E-state index in [4.69, 9.17) is 39.6 Å². The van der Waals surface area contributed by atoms with Crippen LogP contribution in [0.5, 0.6) is 0 Å². The van der Waals surface area contributed by atoms with Gasteiger partial charge in [-0.3, -0.25) is 0 Å². The molecule has 0 spiro atoms. The number of hydrogen-bond acceptors (Lipinski definition) is 2. The van der Waals surface area contributed by atoms with Crippen molar-refractivity contribution < 1.29 is 4.84 Å². The molecule has 2 rings (SSSR count). The predicted molar refractivity (Wildman–Crippen MR) is 63.0 cm³/mol. The van der Waals surface area contributed by atoms with Gasteiger partial charge in [0.2, 0.25) is 0 Å². The molecule has 0 amide bonds. The zero-order valence-electron chi connectivity index (χ0n) is 7.66. The van der Waals surface area contributed by atoms with E-state index in [2.05, 4.69) is 5.16 Å². The summed E-state index contributed by atoms with van der Waals surface area (Å²) in [5.74, 6) is 0. The van der Waals surface area contributed by atoms with Crippen LogP contribution in [0.15, 0.2) is 29.4 Å². The van der Waals surface area contributed by atoms with Crippen molar-refractivity contribution in [1.82, 2.24) is 0 Å². The minimum absolute atomic E-state index is 0.251. The van der Waals surface area contributed by atoms with E-state index in [1.54, 1.807) is 0 Å². The first-order valence-electron chi connectivity index (χ1n) is 4.43. The Bertz CT molecular complexity index is 375. The van der Waals surface area contributed by atoms with Crippen LogP contribution in [0.2, 0.25) is 5.02 Å². The smallest absolute Gasteiger partial charge is 0.163 e. The highest BCUT2D eigenvalue weighted by atomic mass is 35.5. The quantitative estimate of drug-likeness (QED) is 0.747. The molecule has 15 heavy (non-hydrogen) atoms. The van der Waals surface area contributed by atoms with E-state index in [-0.39, 0.29) is 6.10 Å². The molecule has 1 unspecified atom stereocenters. The Kier molecular flexibility index (Phi) is 3.39. The Balaban J connectivity index is 2.11. The largest absolute Gasteiger partial charge is 0.389 e. The first-order chi connectivity index (χ1) is 7.16. The van der Waals surface area contributed by atoms with E-state index in [9.17, 15) is 0 Å². The van der Waals surface area contributed by atoms with Crippen molar-refractivity contribution in [3.05, 3.63) is 34.9 Å². The maximum absolute atomic E-state index is 5.78. The molecule has 1 aromatic carbocycles. The molecule has 1 aliphatic rings. The lowest BCUT2D eigenvalue weighted by Gasteiger charge is -2.07. The molecule has 1 atom stereocenters. The summed E-state index contributed by atoms with van der Waals surface area (Å²) < 4.78 is 0. The van der Waals surface area contributed by atoms with Crippen LogP contribution in [0, 0.1) is 0 Å². The van der Waals surface area contributed by atoms with Gasteiger partial charge in [-0.2, -0.15) is 0 Å². The van der Waals surface area contributed by atoms with E-state index in [1.807, 2.05) is 24.3 Å². The molecule has 1 aliphatic heterocycles. The Labute approximate surface area is 103 Å². The van der Waals surface area contributed by atoms with Crippen molar-refractivity contribution in [1.29, 1.82) is 0 Å². The molecule has 0 aromatic heterocycles. The first kappa shape index (κ1) is 11.1. The number of nitrogens with zero attached hydrogens (tertiary/aromatic N) is 1. The van der Waals surface area contributed by atoms with Crippen LogP contribution in [-0.2, 0) is 4.84 Å². The average Bonchev–Trinajstić information content (AvgIpc) is 2.68. The fraction of sp³-hybridized carbons (Fsp3) is 0.300. The molecule has 5 heteroatoms. The first-order valence-corrected chi connectivity index (χ1v) is 5.68. The molecular weight excluding hydrogens is 256 g/mol. The summed E-state index contributed by atoms with van der Waals surface area (Å²) >= 11 is 17.2. The summed E-state index contributed by atoms with van der Waals surface area (Å²) in [6.07, 6.45) is 0.373. The van der Waals surface area contributed by atoms with E-state index in [0.717, 1.165) is 11.3 Å². The number of rotatable bonds is 2. The van der Waals surface area contributed by atoms with Crippen LogP contribution in [0.25, 0.3) is 0 Å². The molecule has 80 valence electrons. The van der Waals surface area contributed by atoms with Gasteiger partial charge in [-0.1, -0.05) is 28.9 Å². The number of benzene rings is 1. The summed E-state index contributed by atoms with van der Waals surface area (Å²) in [6.45, 7) is 0. The molecule has 0 saturated carbocycles. The van der Waals surface area contributed by atoms with E-state index in [1.165, 1.54) is 0 Å². The number of oxime groups is 1. The van der Waals surface area contributed by atoms with Crippen molar-refractivity contribution in [2.75, 3.05) is 0 Å². The van der Waals surface area contributed by atoms with Crippen molar-refractivity contribution in [2.45, 2.75) is 17.4 Å². The molecule has 0 radical (unpaired) electrons. The number of halogens is 3. The van der Waals surface area contributed by atoms with Crippen LogP contribution in [0.1, 0.15) is 12.0 Å². The Morgan fingerprint density at radius 2 is 1.93 bits per heavy atom. The molecule has 0 aliphatic carbocycles. The third-order valence-corrected chi connectivity index (χ3v) is 2.97. The molecule has 1 aromatic rings.